The monoisotopic (exact) mass is 231 g/mol. The molecule has 0 radical (unpaired) electrons. The Morgan fingerprint density at radius 3 is 2.12 bits per heavy atom. The van der Waals surface area contributed by atoms with Gasteiger partial charge in [-0.1, -0.05) is 0 Å². The van der Waals surface area contributed by atoms with Gasteiger partial charge in [0.15, 0.2) is 0 Å². The van der Waals surface area contributed by atoms with E-state index in [0.717, 1.165) is 12.8 Å². The maximum atomic E-state index is 10.7. The predicted molar refractivity (Wildman–Crippen MR) is 55.2 cm³/mol. The van der Waals surface area contributed by atoms with Crippen molar-refractivity contribution in [2.75, 3.05) is 26.8 Å². The van der Waals surface area contributed by atoms with Crippen molar-refractivity contribution >= 4 is 11.9 Å². The normalized spacial score (nSPS) is 17.4. The third kappa shape index (κ3) is 4.16. The molecule has 0 spiro atoms. The van der Waals surface area contributed by atoms with E-state index < -0.39 is 11.9 Å². The van der Waals surface area contributed by atoms with E-state index >= 15 is 0 Å². The molecule has 0 amide bonds. The third-order valence-electron chi connectivity index (χ3n) is 2.65. The van der Waals surface area contributed by atoms with Crippen LogP contribution in [0.1, 0.15) is 12.8 Å². The predicted octanol–water partition coefficient (Wildman–Crippen LogP) is -0.117. The van der Waals surface area contributed by atoms with Crippen LogP contribution in [0.4, 0.5) is 0 Å². The Balaban J connectivity index is 2.61. The van der Waals surface area contributed by atoms with E-state index in [9.17, 15) is 9.59 Å². The molecule has 0 aromatic heterocycles. The van der Waals surface area contributed by atoms with Gasteiger partial charge in [0, 0.05) is 13.2 Å². The summed E-state index contributed by atoms with van der Waals surface area (Å²) in [5.74, 6) is -1.65. The number of hydrogen-bond acceptors (Lipinski definition) is 4. The number of nitrogens with zero attached hydrogens (tertiary/aromatic N) is 1. The standard InChI is InChI=1S/C10H17NO5/c1-16-6-8(7-2-3-7)11(4-9(12)13)5-10(14)15/h7-8H,2-6H2,1H3,(H,12,13)(H,14,15). The van der Waals surface area contributed by atoms with E-state index in [0.29, 0.717) is 12.5 Å². The summed E-state index contributed by atoms with van der Waals surface area (Å²) >= 11 is 0. The highest BCUT2D eigenvalue weighted by molar-refractivity contribution is 5.72. The number of aliphatic carboxylic acids is 2. The van der Waals surface area contributed by atoms with Gasteiger partial charge in [0.1, 0.15) is 0 Å². The van der Waals surface area contributed by atoms with Gasteiger partial charge in [0.05, 0.1) is 19.7 Å². The van der Waals surface area contributed by atoms with Gasteiger partial charge in [-0.2, -0.15) is 0 Å². The van der Waals surface area contributed by atoms with Crippen LogP contribution in [-0.4, -0.2) is 59.9 Å². The lowest BCUT2D eigenvalue weighted by Gasteiger charge is -2.28. The van der Waals surface area contributed by atoms with Crippen LogP contribution in [-0.2, 0) is 14.3 Å². The molecule has 1 rings (SSSR count). The highest BCUT2D eigenvalue weighted by Gasteiger charge is 2.36. The molecule has 1 fully saturated rings. The Hall–Kier alpha value is -1.14. The van der Waals surface area contributed by atoms with Crippen molar-refractivity contribution in [3.63, 3.8) is 0 Å². The fraction of sp³-hybridized carbons (Fsp3) is 0.800. The minimum Gasteiger partial charge on any atom is -0.480 e. The average molecular weight is 231 g/mol. The lowest BCUT2D eigenvalue weighted by Crippen LogP contribution is -2.45. The van der Waals surface area contributed by atoms with Crippen LogP contribution in [0.5, 0.6) is 0 Å². The molecular formula is C10H17NO5. The van der Waals surface area contributed by atoms with E-state index in [1.165, 1.54) is 12.0 Å². The molecule has 6 nitrogen and oxygen atoms in total. The van der Waals surface area contributed by atoms with Crippen LogP contribution >= 0.6 is 0 Å². The van der Waals surface area contributed by atoms with Gasteiger partial charge in [-0.3, -0.25) is 14.5 Å². The fourth-order valence-electron chi connectivity index (χ4n) is 1.83. The van der Waals surface area contributed by atoms with Gasteiger partial charge in [-0.05, 0) is 18.8 Å². The van der Waals surface area contributed by atoms with E-state index in [1.54, 1.807) is 0 Å². The largest absolute Gasteiger partial charge is 0.480 e. The smallest absolute Gasteiger partial charge is 0.317 e. The van der Waals surface area contributed by atoms with Gasteiger partial charge < -0.3 is 14.9 Å². The number of methoxy groups -OCH3 is 1. The maximum absolute atomic E-state index is 10.7. The van der Waals surface area contributed by atoms with E-state index in [4.69, 9.17) is 14.9 Å². The number of rotatable bonds is 8. The molecule has 0 heterocycles. The first kappa shape index (κ1) is 12.9. The van der Waals surface area contributed by atoms with Gasteiger partial charge in [-0.15, -0.1) is 0 Å². The van der Waals surface area contributed by atoms with Crippen molar-refractivity contribution in [2.24, 2.45) is 5.92 Å². The number of carboxylic acids is 2. The lowest BCUT2D eigenvalue weighted by atomic mass is 10.1. The molecule has 1 saturated carbocycles. The van der Waals surface area contributed by atoms with Crippen LogP contribution in [0.25, 0.3) is 0 Å². The van der Waals surface area contributed by atoms with Crippen LogP contribution in [0, 0.1) is 5.92 Å². The van der Waals surface area contributed by atoms with E-state index in [1.807, 2.05) is 0 Å². The molecular weight excluding hydrogens is 214 g/mol. The first-order chi connectivity index (χ1) is 7.54. The second-order valence-electron chi connectivity index (χ2n) is 4.05. The lowest BCUT2D eigenvalue weighted by molar-refractivity contribution is -0.143. The van der Waals surface area contributed by atoms with Gasteiger partial charge in [0.2, 0.25) is 0 Å². The second-order valence-corrected chi connectivity index (χ2v) is 4.05. The molecule has 0 saturated heterocycles. The van der Waals surface area contributed by atoms with Gasteiger partial charge in [-0.25, -0.2) is 0 Å². The SMILES string of the molecule is COCC(C1CC1)N(CC(=O)O)CC(=O)O. The van der Waals surface area contributed by atoms with Crippen LogP contribution in [0.15, 0.2) is 0 Å². The van der Waals surface area contributed by atoms with Crippen molar-refractivity contribution in [1.29, 1.82) is 0 Å². The quantitative estimate of drug-likeness (QED) is 0.605. The number of ether oxygens (including phenoxy) is 1. The summed E-state index contributed by atoms with van der Waals surface area (Å²) in [6, 6.07) is -0.0998. The first-order valence-electron chi connectivity index (χ1n) is 5.21. The van der Waals surface area contributed by atoms with Crippen LogP contribution < -0.4 is 0 Å². The zero-order valence-corrected chi connectivity index (χ0v) is 9.26. The zero-order valence-electron chi connectivity index (χ0n) is 9.26. The Kier molecular flexibility index (Phi) is 4.70. The Labute approximate surface area is 93.8 Å². The maximum Gasteiger partial charge on any atom is 0.317 e. The van der Waals surface area contributed by atoms with Crippen molar-refractivity contribution in [2.45, 2.75) is 18.9 Å². The van der Waals surface area contributed by atoms with Crippen molar-refractivity contribution in [3.8, 4) is 0 Å². The van der Waals surface area contributed by atoms with E-state index in [-0.39, 0.29) is 19.1 Å². The summed E-state index contributed by atoms with van der Waals surface area (Å²) in [7, 11) is 1.54. The van der Waals surface area contributed by atoms with Crippen LogP contribution in [0.2, 0.25) is 0 Å². The molecule has 0 aliphatic heterocycles. The zero-order chi connectivity index (χ0) is 12.1. The molecule has 0 aromatic carbocycles. The minimum absolute atomic E-state index is 0.0998. The molecule has 0 aromatic rings. The summed E-state index contributed by atoms with van der Waals surface area (Å²) in [6.45, 7) is -0.126. The third-order valence-corrected chi connectivity index (χ3v) is 2.65. The molecule has 6 heteroatoms. The van der Waals surface area contributed by atoms with E-state index in [2.05, 4.69) is 0 Å². The molecule has 1 atom stereocenters. The number of hydrogen-bond donors (Lipinski definition) is 2. The molecule has 1 aliphatic carbocycles. The van der Waals surface area contributed by atoms with Crippen molar-refractivity contribution in [1.82, 2.24) is 4.90 Å². The summed E-state index contributed by atoms with van der Waals surface area (Å²) in [6.07, 6.45) is 2.04. The highest BCUT2D eigenvalue weighted by atomic mass is 16.5. The molecule has 92 valence electrons. The fourth-order valence-corrected chi connectivity index (χ4v) is 1.83. The van der Waals surface area contributed by atoms with Crippen molar-refractivity contribution in [3.05, 3.63) is 0 Å². The molecule has 1 aliphatic rings. The van der Waals surface area contributed by atoms with Gasteiger partial charge >= 0.3 is 11.9 Å². The Bertz CT molecular complexity index is 248. The first-order valence-corrected chi connectivity index (χ1v) is 5.21. The number of carbonyl (C=O) groups is 2. The molecule has 16 heavy (non-hydrogen) atoms. The average Bonchev–Trinajstić information content (AvgIpc) is 2.94. The molecule has 0 bridgehead atoms. The molecule has 2 N–H and O–H groups in total. The topological polar surface area (TPSA) is 87.1 Å². The highest BCUT2D eigenvalue weighted by Crippen LogP contribution is 2.35. The Morgan fingerprint density at radius 1 is 1.31 bits per heavy atom. The second kappa shape index (κ2) is 5.81. The van der Waals surface area contributed by atoms with Gasteiger partial charge in [0.25, 0.3) is 0 Å². The molecule has 1 unspecified atom stereocenters. The summed E-state index contributed by atoms with van der Waals surface area (Å²) in [4.78, 5) is 22.8. The van der Waals surface area contributed by atoms with Crippen LogP contribution in [0.3, 0.4) is 0 Å². The Morgan fingerprint density at radius 2 is 1.81 bits per heavy atom. The minimum atomic E-state index is -1.01. The number of carboxylic acid groups (broad SMARTS) is 2. The van der Waals surface area contributed by atoms with Crippen molar-refractivity contribution < 1.29 is 24.5 Å². The summed E-state index contributed by atoms with van der Waals surface area (Å²) in [5.41, 5.74) is 0. The summed E-state index contributed by atoms with van der Waals surface area (Å²) < 4.78 is 5.02. The summed E-state index contributed by atoms with van der Waals surface area (Å²) in [5, 5.41) is 17.5.